The van der Waals surface area contributed by atoms with Crippen molar-refractivity contribution >= 4 is 27.5 Å². The SMILES string of the molecule is CC[C@H](C(=O)NC(C)(C)C)N(Cc1ccccc1C)C(=O)CN(c1cc(C)cc(C)c1)S(C)(=O)=O. The lowest BCUT2D eigenvalue weighted by Crippen LogP contribution is -2.55. The van der Waals surface area contributed by atoms with Crippen molar-refractivity contribution in [2.24, 2.45) is 0 Å². The molecule has 0 spiro atoms. The number of nitrogens with zero attached hydrogens (tertiary/aromatic N) is 2. The topological polar surface area (TPSA) is 86.8 Å². The molecule has 7 nitrogen and oxygen atoms in total. The van der Waals surface area contributed by atoms with Crippen molar-refractivity contribution in [2.45, 2.75) is 73.0 Å². The third kappa shape index (κ3) is 8.09. The number of nitrogens with one attached hydrogen (secondary N) is 1. The molecule has 192 valence electrons. The molecule has 0 bridgehead atoms. The van der Waals surface area contributed by atoms with Gasteiger partial charge in [-0.1, -0.05) is 37.3 Å². The first-order valence-electron chi connectivity index (χ1n) is 11.8. The van der Waals surface area contributed by atoms with Crippen LogP contribution in [-0.4, -0.2) is 49.5 Å². The summed E-state index contributed by atoms with van der Waals surface area (Å²) in [7, 11) is -3.76. The van der Waals surface area contributed by atoms with Crippen molar-refractivity contribution in [2.75, 3.05) is 17.1 Å². The first kappa shape index (κ1) is 28.4. The summed E-state index contributed by atoms with van der Waals surface area (Å²) in [5.74, 6) is -0.701. The highest BCUT2D eigenvalue weighted by Crippen LogP contribution is 2.23. The number of anilines is 1. The number of carbonyl (C=O) groups is 2. The average molecular weight is 502 g/mol. The molecule has 1 N–H and O–H groups in total. The largest absolute Gasteiger partial charge is 0.350 e. The second-order valence-corrected chi connectivity index (χ2v) is 12.1. The molecular formula is C27H39N3O4S. The van der Waals surface area contributed by atoms with Gasteiger partial charge in [0.05, 0.1) is 11.9 Å². The van der Waals surface area contributed by atoms with E-state index in [0.29, 0.717) is 12.1 Å². The molecule has 8 heteroatoms. The average Bonchev–Trinajstić information content (AvgIpc) is 2.70. The molecule has 1 atom stereocenters. The Morgan fingerprint density at radius 3 is 2.06 bits per heavy atom. The fourth-order valence-electron chi connectivity index (χ4n) is 4.05. The first-order valence-corrected chi connectivity index (χ1v) is 13.7. The van der Waals surface area contributed by atoms with E-state index in [1.54, 1.807) is 12.1 Å². The van der Waals surface area contributed by atoms with Crippen LogP contribution < -0.4 is 9.62 Å². The van der Waals surface area contributed by atoms with Crippen LogP contribution in [0.1, 0.15) is 56.4 Å². The zero-order valence-corrected chi connectivity index (χ0v) is 23.0. The molecule has 0 unspecified atom stereocenters. The standard InChI is InChI=1S/C27H39N3O4S/c1-9-24(26(32)28-27(5,6)7)29(17-22-13-11-10-12-21(22)4)25(31)18-30(35(8,33)34)23-15-19(2)14-20(3)16-23/h10-16,24H,9,17-18H2,1-8H3,(H,28,32)/t24-/m1/s1. The quantitative estimate of drug-likeness (QED) is 0.560. The Labute approximate surface area is 210 Å². The van der Waals surface area contributed by atoms with Gasteiger partial charge in [-0.3, -0.25) is 13.9 Å². The van der Waals surface area contributed by atoms with Gasteiger partial charge in [0.15, 0.2) is 0 Å². The maximum Gasteiger partial charge on any atom is 0.244 e. The summed E-state index contributed by atoms with van der Waals surface area (Å²) >= 11 is 0. The molecular weight excluding hydrogens is 462 g/mol. The Kier molecular flexibility index (Phi) is 9.11. The fraction of sp³-hybridized carbons (Fsp3) is 0.481. The summed E-state index contributed by atoms with van der Waals surface area (Å²) in [6, 6.07) is 12.4. The van der Waals surface area contributed by atoms with Crippen molar-refractivity contribution in [3.8, 4) is 0 Å². The highest BCUT2D eigenvalue weighted by molar-refractivity contribution is 7.92. The maximum atomic E-state index is 13.8. The molecule has 2 aromatic carbocycles. The van der Waals surface area contributed by atoms with Gasteiger partial charge < -0.3 is 10.2 Å². The van der Waals surface area contributed by atoms with E-state index < -0.39 is 34.1 Å². The molecule has 2 amide bonds. The Balaban J connectivity index is 2.51. The van der Waals surface area contributed by atoms with Gasteiger partial charge in [0.25, 0.3) is 0 Å². The number of hydrogen-bond acceptors (Lipinski definition) is 4. The molecule has 0 radical (unpaired) electrons. The molecule has 35 heavy (non-hydrogen) atoms. The first-order chi connectivity index (χ1) is 16.1. The van der Waals surface area contributed by atoms with E-state index >= 15 is 0 Å². The van der Waals surface area contributed by atoms with Crippen molar-refractivity contribution < 1.29 is 18.0 Å². The number of rotatable bonds is 9. The van der Waals surface area contributed by atoms with E-state index in [2.05, 4.69) is 5.32 Å². The van der Waals surface area contributed by atoms with E-state index in [0.717, 1.165) is 32.8 Å². The van der Waals surface area contributed by atoms with Crippen LogP contribution in [-0.2, 0) is 26.2 Å². The number of benzene rings is 2. The van der Waals surface area contributed by atoms with E-state index in [1.165, 1.54) is 4.90 Å². The highest BCUT2D eigenvalue weighted by atomic mass is 32.2. The van der Waals surface area contributed by atoms with Crippen LogP contribution in [0.3, 0.4) is 0 Å². The van der Waals surface area contributed by atoms with Crippen molar-refractivity contribution in [1.29, 1.82) is 0 Å². The van der Waals surface area contributed by atoms with Gasteiger partial charge in [-0.2, -0.15) is 0 Å². The second-order valence-electron chi connectivity index (χ2n) is 10.2. The predicted octanol–water partition coefficient (Wildman–Crippen LogP) is 4.10. The number of aryl methyl sites for hydroxylation is 3. The van der Waals surface area contributed by atoms with Crippen LogP contribution in [0.15, 0.2) is 42.5 Å². The summed E-state index contributed by atoms with van der Waals surface area (Å²) in [4.78, 5) is 28.5. The maximum absolute atomic E-state index is 13.8. The van der Waals surface area contributed by atoms with Gasteiger partial charge in [-0.05, 0) is 82.3 Å². The molecule has 0 heterocycles. The zero-order chi connectivity index (χ0) is 26.6. The van der Waals surface area contributed by atoms with Crippen molar-refractivity contribution in [1.82, 2.24) is 10.2 Å². The smallest absolute Gasteiger partial charge is 0.244 e. The zero-order valence-electron chi connectivity index (χ0n) is 22.2. The molecule has 0 aliphatic carbocycles. The normalized spacial score (nSPS) is 12.7. The van der Waals surface area contributed by atoms with Gasteiger partial charge in [-0.25, -0.2) is 8.42 Å². The number of amides is 2. The van der Waals surface area contributed by atoms with E-state index in [1.807, 2.05) is 78.8 Å². The van der Waals surface area contributed by atoms with Crippen LogP contribution in [0.5, 0.6) is 0 Å². The van der Waals surface area contributed by atoms with Crippen LogP contribution in [0.2, 0.25) is 0 Å². The lowest BCUT2D eigenvalue weighted by molar-refractivity contribution is -0.141. The van der Waals surface area contributed by atoms with Gasteiger partial charge in [0, 0.05) is 12.1 Å². The summed E-state index contributed by atoms with van der Waals surface area (Å²) in [5.41, 5.74) is 3.65. The van der Waals surface area contributed by atoms with Crippen molar-refractivity contribution in [3.05, 3.63) is 64.7 Å². The Morgan fingerprint density at radius 1 is 1.00 bits per heavy atom. The molecule has 0 saturated carbocycles. The molecule has 0 aromatic heterocycles. The number of carbonyl (C=O) groups excluding carboxylic acids is 2. The second kappa shape index (κ2) is 11.2. The van der Waals surface area contributed by atoms with Crippen LogP contribution in [0.25, 0.3) is 0 Å². The minimum Gasteiger partial charge on any atom is -0.350 e. The summed E-state index contributed by atoms with van der Waals surface area (Å²) in [6.45, 7) is 13.0. The van der Waals surface area contributed by atoms with Gasteiger partial charge in [0.2, 0.25) is 21.8 Å². The molecule has 2 aromatic rings. The Bertz CT molecular complexity index is 1150. The third-order valence-electron chi connectivity index (χ3n) is 5.66. The lowest BCUT2D eigenvalue weighted by atomic mass is 10.0. The molecule has 0 fully saturated rings. The summed E-state index contributed by atoms with van der Waals surface area (Å²) < 4.78 is 26.6. The number of hydrogen-bond donors (Lipinski definition) is 1. The van der Waals surface area contributed by atoms with Crippen LogP contribution in [0.4, 0.5) is 5.69 Å². The Hall–Kier alpha value is -2.87. The monoisotopic (exact) mass is 501 g/mol. The molecule has 0 aliphatic rings. The summed E-state index contributed by atoms with van der Waals surface area (Å²) in [5, 5.41) is 2.97. The fourth-order valence-corrected chi connectivity index (χ4v) is 4.89. The molecule has 2 rings (SSSR count). The minimum atomic E-state index is -3.76. The lowest BCUT2D eigenvalue weighted by Gasteiger charge is -2.35. The molecule has 0 aliphatic heterocycles. The predicted molar refractivity (Wildman–Crippen MR) is 142 cm³/mol. The number of sulfonamides is 1. The van der Waals surface area contributed by atoms with Crippen LogP contribution >= 0.6 is 0 Å². The van der Waals surface area contributed by atoms with Gasteiger partial charge in [-0.15, -0.1) is 0 Å². The van der Waals surface area contributed by atoms with E-state index in [-0.39, 0.29) is 12.5 Å². The molecule has 0 saturated heterocycles. The Morgan fingerprint density at radius 2 is 1.57 bits per heavy atom. The highest BCUT2D eigenvalue weighted by Gasteiger charge is 2.33. The van der Waals surface area contributed by atoms with Crippen LogP contribution in [0, 0.1) is 20.8 Å². The van der Waals surface area contributed by atoms with Gasteiger partial charge in [0.1, 0.15) is 12.6 Å². The summed E-state index contributed by atoms with van der Waals surface area (Å²) in [6.07, 6.45) is 1.48. The third-order valence-corrected chi connectivity index (χ3v) is 6.80. The van der Waals surface area contributed by atoms with E-state index in [4.69, 9.17) is 0 Å². The minimum absolute atomic E-state index is 0.200. The van der Waals surface area contributed by atoms with Gasteiger partial charge >= 0.3 is 0 Å². The van der Waals surface area contributed by atoms with Crippen molar-refractivity contribution in [3.63, 3.8) is 0 Å². The van der Waals surface area contributed by atoms with E-state index in [9.17, 15) is 18.0 Å².